The van der Waals surface area contributed by atoms with Crippen molar-refractivity contribution in [1.82, 2.24) is 4.90 Å². The molecule has 2 aromatic rings. The van der Waals surface area contributed by atoms with Gasteiger partial charge in [-0.15, -0.1) is 6.42 Å². The number of esters is 1. The average molecular weight is 501 g/mol. The van der Waals surface area contributed by atoms with Crippen LogP contribution in [0, 0.1) is 12.3 Å². The molecule has 0 N–H and O–H groups in total. The highest BCUT2D eigenvalue weighted by Gasteiger charge is 2.40. The molecule has 0 bridgehead atoms. The molecule has 1 fully saturated rings. The standard InChI is InChI=1S/C24H21ClN2O6S/c1-5-10-33-22-18(25)11-15(13-20(22)31-3)12-19-23(29)27(16-6-8-17(30-2)9-7-16)24(34)26(19)14-21(28)32-4/h1,6-9,11-13H,10,14H2,2-4H3/b19-12-. The quantitative estimate of drug-likeness (QED) is 0.236. The molecule has 1 heterocycles. The second-order valence-corrected chi connectivity index (χ2v) is 7.61. The van der Waals surface area contributed by atoms with Gasteiger partial charge >= 0.3 is 5.97 Å². The lowest BCUT2D eigenvalue weighted by atomic mass is 10.1. The number of carbonyl (C=O) groups is 2. The molecule has 1 aliphatic heterocycles. The number of thiocarbonyl (C=S) groups is 1. The van der Waals surface area contributed by atoms with Crippen molar-refractivity contribution in [1.29, 1.82) is 0 Å². The van der Waals surface area contributed by atoms with E-state index < -0.39 is 11.9 Å². The minimum absolute atomic E-state index is 0.00695. The van der Waals surface area contributed by atoms with E-state index in [9.17, 15) is 9.59 Å². The van der Waals surface area contributed by atoms with E-state index in [1.165, 1.54) is 24.0 Å². The lowest BCUT2D eigenvalue weighted by Gasteiger charge is -2.19. The van der Waals surface area contributed by atoms with E-state index in [2.05, 4.69) is 5.92 Å². The van der Waals surface area contributed by atoms with Crippen LogP contribution in [0.2, 0.25) is 5.02 Å². The summed E-state index contributed by atoms with van der Waals surface area (Å²) in [4.78, 5) is 28.2. The number of carbonyl (C=O) groups excluding carboxylic acids is 2. The Kier molecular flexibility index (Phi) is 7.99. The van der Waals surface area contributed by atoms with E-state index in [0.29, 0.717) is 22.7 Å². The molecule has 1 saturated heterocycles. The van der Waals surface area contributed by atoms with Crippen molar-refractivity contribution in [2.45, 2.75) is 0 Å². The van der Waals surface area contributed by atoms with Gasteiger partial charge in [0, 0.05) is 0 Å². The number of amides is 1. The van der Waals surface area contributed by atoms with Crippen LogP contribution in [0.5, 0.6) is 17.2 Å². The molecule has 0 aromatic heterocycles. The first-order chi connectivity index (χ1) is 16.3. The topological polar surface area (TPSA) is 77.5 Å². The molecule has 0 spiro atoms. The lowest BCUT2D eigenvalue weighted by Crippen LogP contribution is -2.35. The van der Waals surface area contributed by atoms with Crippen LogP contribution in [0.1, 0.15) is 5.56 Å². The Morgan fingerprint density at radius 2 is 1.88 bits per heavy atom. The fraction of sp³-hybridized carbons (Fsp3) is 0.208. The molecule has 176 valence electrons. The summed E-state index contributed by atoms with van der Waals surface area (Å²) in [5.41, 5.74) is 1.19. The fourth-order valence-corrected chi connectivity index (χ4v) is 3.85. The minimum Gasteiger partial charge on any atom is -0.497 e. The Morgan fingerprint density at radius 1 is 1.18 bits per heavy atom. The zero-order valence-electron chi connectivity index (χ0n) is 18.7. The zero-order chi connectivity index (χ0) is 24.8. The molecule has 3 rings (SSSR count). The third-order valence-electron chi connectivity index (χ3n) is 4.84. The van der Waals surface area contributed by atoms with Gasteiger partial charge in [0.2, 0.25) is 0 Å². The number of methoxy groups -OCH3 is 3. The summed E-state index contributed by atoms with van der Waals surface area (Å²) in [6.07, 6.45) is 6.81. The van der Waals surface area contributed by atoms with Gasteiger partial charge in [0.25, 0.3) is 5.91 Å². The molecular formula is C24H21ClN2O6S. The maximum atomic E-state index is 13.4. The molecule has 1 aliphatic rings. The molecule has 0 saturated carbocycles. The summed E-state index contributed by atoms with van der Waals surface area (Å²) in [6.45, 7) is -0.249. The largest absolute Gasteiger partial charge is 0.497 e. The summed E-state index contributed by atoms with van der Waals surface area (Å²) < 4.78 is 20.8. The number of nitrogens with zero attached hydrogens (tertiary/aromatic N) is 2. The molecule has 0 radical (unpaired) electrons. The van der Waals surface area contributed by atoms with Gasteiger partial charge in [-0.05, 0) is 60.3 Å². The Bertz CT molecular complexity index is 1190. The summed E-state index contributed by atoms with van der Waals surface area (Å²) in [7, 11) is 4.26. The number of halogens is 1. The van der Waals surface area contributed by atoms with E-state index in [-0.39, 0.29) is 34.7 Å². The molecule has 10 heteroatoms. The molecule has 0 atom stereocenters. The Balaban J connectivity index is 2.06. The van der Waals surface area contributed by atoms with Crippen LogP contribution < -0.4 is 19.1 Å². The first kappa shape index (κ1) is 24.9. The van der Waals surface area contributed by atoms with Crippen LogP contribution in [-0.2, 0) is 14.3 Å². The molecule has 0 aliphatic carbocycles. The monoisotopic (exact) mass is 500 g/mol. The lowest BCUT2D eigenvalue weighted by molar-refractivity contribution is -0.140. The highest BCUT2D eigenvalue weighted by atomic mass is 35.5. The number of anilines is 1. The van der Waals surface area contributed by atoms with Crippen molar-refractivity contribution in [2.75, 3.05) is 39.4 Å². The molecular weight excluding hydrogens is 480 g/mol. The Morgan fingerprint density at radius 3 is 2.47 bits per heavy atom. The normalized spacial score (nSPS) is 14.3. The van der Waals surface area contributed by atoms with Gasteiger partial charge in [-0.3, -0.25) is 14.5 Å². The third kappa shape index (κ3) is 5.09. The molecule has 34 heavy (non-hydrogen) atoms. The number of hydrogen-bond donors (Lipinski definition) is 0. The minimum atomic E-state index is -0.564. The molecule has 0 unspecified atom stereocenters. The number of hydrogen-bond acceptors (Lipinski definition) is 7. The van der Waals surface area contributed by atoms with E-state index >= 15 is 0 Å². The number of benzene rings is 2. The smallest absolute Gasteiger partial charge is 0.325 e. The van der Waals surface area contributed by atoms with Crippen LogP contribution in [0.25, 0.3) is 6.08 Å². The van der Waals surface area contributed by atoms with Crippen molar-refractivity contribution in [3.05, 3.63) is 52.7 Å². The fourth-order valence-electron chi connectivity index (χ4n) is 3.22. The summed E-state index contributed by atoms with van der Waals surface area (Å²) in [5, 5.41) is 0.361. The highest BCUT2D eigenvalue weighted by molar-refractivity contribution is 7.80. The average Bonchev–Trinajstić information content (AvgIpc) is 3.06. The summed E-state index contributed by atoms with van der Waals surface area (Å²) in [5.74, 6) is 2.60. The van der Waals surface area contributed by atoms with E-state index in [1.54, 1.807) is 49.6 Å². The summed E-state index contributed by atoms with van der Waals surface area (Å²) >= 11 is 11.9. The first-order valence-electron chi connectivity index (χ1n) is 9.86. The van der Waals surface area contributed by atoms with Crippen molar-refractivity contribution >= 4 is 52.6 Å². The predicted molar refractivity (Wildman–Crippen MR) is 132 cm³/mol. The van der Waals surface area contributed by atoms with Crippen molar-refractivity contribution in [2.24, 2.45) is 0 Å². The summed E-state index contributed by atoms with van der Waals surface area (Å²) in [6, 6.07) is 10.0. The zero-order valence-corrected chi connectivity index (χ0v) is 20.2. The Labute approximate surface area is 207 Å². The van der Waals surface area contributed by atoms with Crippen molar-refractivity contribution in [3.8, 4) is 29.6 Å². The van der Waals surface area contributed by atoms with E-state index in [1.807, 2.05) is 0 Å². The van der Waals surface area contributed by atoms with Crippen molar-refractivity contribution < 1.29 is 28.5 Å². The van der Waals surface area contributed by atoms with E-state index in [0.717, 1.165) is 0 Å². The van der Waals surface area contributed by atoms with Gasteiger partial charge in [-0.1, -0.05) is 17.5 Å². The van der Waals surface area contributed by atoms with Gasteiger partial charge in [0.15, 0.2) is 16.6 Å². The third-order valence-corrected chi connectivity index (χ3v) is 5.52. The van der Waals surface area contributed by atoms with Gasteiger partial charge in [-0.2, -0.15) is 0 Å². The number of rotatable bonds is 8. The first-order valence-corrected chi connectivity index (χ1v) is 10.7. The molecule has 1 amide bonds. The van der Waals surface area contributed by atoms with Gasteiger partial charge in [-0.25, -0.2) is 0 Å². The van der Waals surface area contributed by atoms with Crippen LogP contribution in [0.15, 0.2) is 42.1 Å². The predicted octanol–water partition coefficient (Wildman–Crippen LogP) is 3.52. The van der Waals surface area contributed by atoms with Crippen molar-refractivity contribution in [3.63, 3.8) is 0 Å². The second kappa shape index (κ2) is 10.9. The van der Waals surface area contributed by atoms with Crippen LogP contribution in [0.3, 0.4) is 0 Å². The van der Waals surface area contributed by atoms with Gasteiger partial charge in [0.1, 0.15) is 24.6 Å². The van der Waals surface area contributed by atoms with Gasteiger partial charge < -0.3 is 23.8 Å². The maximum Gasteiger partial charge on any atom is 0.325 e. The van der Waals surface area contributed by atoms with Crippen LogP contribution in [-0.4, -0.2) is 56.4 Å². The molecule has 8 nitrogen and oxygen atoms in total. The Hall–Kier alpha value is -3.74. The SMILES string of the molecule is C#CCOc1c(Cl)cc(/C=C2/C(=O)N(c3ccc(OC)cc3)C(=S)N2CC(=O)OC)cc1OC. The van der Waals surface area contributed by atoms with Crippen LogP contribution in [0.4, 0.5) is 5.69 Å². The maximum absolute atomic E-state index is 13.4. The highest BCUT2D eigenvalue weighted by Crippen LogP contribution is 2.38. The second-order valence-electron chi connectivity index (χ2n) is 6.84. The van der Waals surface area contributed by atoms with E-state index in [4.69, 9.17) is 49.2 Å². The number of terminal acetylenes is 1. The molecule has 2 aromatic carbocycles. The van der Waals surface area contributed by atoms with Crippen LogP contribution >= 0.6 is 23.8 Å². The van der Waals surface area contributed by atoms with Gasteiger partial charge in [0.05, 0.1) is 32.0 Å². The number of ether oxygens (including phenoxy) is 4.